The van der Waals surface area contributed by atoms with Gasteiger partial charge in [0.1, 0.15) is 6.04 Å². The third-order valence-electron chi connectivity index (χ3n) is 4.92. The highest BCUT2D eigenvalue weighted by Crippen LogP contribution is 2.28. The normalized spacial score (nSPS) is 11.5. The molecule has 0 saturated carbocycles. The highest BCUT2D eigenvalue weighted by molar-refractivity contribution is 5.87. The van der Waals surface area contributed by atoms with E-state index in [2.05, 4.69) is 5.32 Å². The molecule has 0 bridgehead atoms. The van der Waals surface area contributed by atoms with Crippen LogP contribution in [0.2, 0.25) is 0 Å². The SMILES string of the molecule is CNC(=O)[C@H](C)N(Cc1cccc(C)c1)C(=O)CCc1ccc(OC)c(OC)c1. The van der Waals surface area contributed by atoms with Gasteiger partial charge in [-0.2, -0.15) is 0 Å². The first-order valence-electron chi connectivity index (χ1n) is 9.67. The van der Waals surface area contributed by atoms with Crippen LogP contribution in [0.25, 0.3) is 0 Å². The summed E-state index contributed by atoms with van der Waals surface area (Å²) in [5, 5.41) is 2.64. The van der Waals surface area contributed by atoms with E-state index in [1.54, 1.807) is 33.1 Å². The standard InChI is InChI=1S/C23H30N2O4/c1-16-7-6-8-19(13-16)15-25(17(2)23(27)24-3)22(26)12-10-18-9-11-20(28-4)21(14-18)29-5/h6-9,11,13-14,17H,10,12,15H2,1-5H3,(H,24,27)/t17-/m0/s1. The van der Waals surface area contributed by atoms with Gasteiger partial charge in [-0.05, 0) is 43.5 Å². The van der Waals surface area contributed by atoms with Crippen LogP contribution in [0.15, 0.2) is 42.5 Å². The largest absolute Gasteiger partial charge is 0.493 e. The van der Waals surface area contributed by atoms with Gasteiger partial charge < -0.3 is 19.7 Å². The number of nitrogens with one attached hydrogen (secondary N) is 1. The Hall–Kier alpha value is -3.02. The second kappa shape index (κ2) is 10.5. The molecule has 156 valence electrons. The number of carbonyl (C=O) groups is 2. The zero-order valence-corrected chi connectivity index (χ0v) is 17.8. The van der Waals surface area contributed by atoms with E-state index in [1.807, 2.05) is 49.4 Å². The molecule has 0 heterocycles. The minimum Gasteiger partial charge on any atom is -0.493 e. The number of carbonyl (C=O) groups excluding carboxylic acids is 2. The predicted molar refractivity (Wildman–Crippen MR) is 113 cm³/mol. The average Bonchev–Trinajstić information content (AvgIpc) is 2.74. The maximum Gasteiger partial charge on any atom is 0.242 e. The van der Waals surface area contributed by atoms with Crippen LogP contribution in [0.1, 0.15) is 30.0 Å². The molecule has 2 aromatic rings. The van der Waals surface area contributed by atoms with E-state index in [4.69, 9.17) is 9.47 Å². The van der Waals surface area contributed by atoms with E-state index >= 15 is 0 Å². The number of nitrogens with zero attached hydrogens (tertiary/aromatic N) is 1. The fourth-order valence-electron chi connectivity index (χ4n) is 3.23. The van der Waals surface area contributed by atoms with Crippen molar-refractivity contribution in [3.8, 4) is 11.5 Å². The lowest BCUT2D eigenvalue weighted by Crippen LogP contribution is -2.46. The topological polar surface area (TPSA) is 67.9 Å². The quantitative estimate of drug-likeness (QED) is 0.705. The summed E-state index contributed by atoms with van der Waals surface area (Å²) >= 11 is 0. The number of benzene rings is 2. The molecule has 0 unspecified atom stereocenters. The number of ether oxygens (including phenoxy) is 2. The Kier molecular flexibility index (Phi) is 8.07. The minimum atomic E-state index is -0.557. The van der Waals surface area contributed by atoms with Crippen molar-refractivity contribution >= 4 is 11.8 Å². The summed E-state index contributed by atoms with van der Waals surface area (Å²) in [7, 11) is 4.75. The molecule has 0 aliphatic rings. The first-order valence-corrected chi connectivity index (χ1v) is 9.67. The summed E-state index contributed by atoms with van der Waals surface area (Å²) < 4.78 is 10.6. The van der Waals surface area contributed by atoms with Crippen LogP contribution in [0, 0.1) is 6.92 Å². The highest BCUT2D eigenvalue weighted by Gasteiger charge is 2.25. The summed E-state index contributed by atoms with van der Waals surface area (Å²) in [4.78, 5) is 26.9. The third kappa shape index (κ3) is 5.98. The molecule has 6 nitrogen and oxygen atoms in total. The van der Waals surface area contributed by atoms with Gasteiger partial charge in [-0.1, -0.05) is 35.9 Å². The molecule has 2 rings (SSSR count). The second-order valence-corrected chi connectivity index (χ2v) is 6.99. The number of aryl methyl sites for hydroxylation is 2. The Morgan fingerprint density at radius 1 is 1.03 bits per heavy atom. The van der Waals surface area contributed by atoms with E-state index in [0.29, 0.717) is 30.9 Å². The van der Waals surface area contributed by atoms with Crippen molar-refractivity contribution in [2.45, 2.75) is 39.3 Å². The van der Waals surface area contributed by atoms with Gasteiger partial charge in [0.25, 0.3) is 0 Å². The van der Waals surface area contributed by atoms with Crippen molar-refractivity contribution in [1.29, 1.82) is 0 Å². The van der Waals surface area contributed by atoms with Crippen LogP contribution in [-0.2, 0) is 22.6 Å². The number of rotatable bonds is 9. The van der Waals surface area contributed by atoms with E-state index in [9.17, 15) is 9.59 Å². The van der Waals surface area contributed by atoms with Gasteiger partial charge in [0.2, 0.25) is 11.8 Å². The monoisotopic (exact) mass is 398 g/mol. The van der Waals surface area contributed by atoms with Crippen molar-refractivity contribution in [3.05, 3.63) is 59.2 Å². The first kappa shape index (κ1) is 22.3. The van der Waals surface area contributed by atoms with Gasteiger partial charge in [0, 0.05) is 20.0 Å². The Labute approximate surface area is 172 Å². The minimum absolute atomic E-state index is 0.0719. The van der Waals surface area contributed by atoms with Crippen molar-refractivity contribution < 1.29 is 19.1 Å². The van der Waals surface area contributed by atoms with Gasteiger partial charge in [0.05, 0.1) is 14.2 Å². The van der Waals surface area contributed by atoms with E-state index in [0.717, 1.165) is 16.7 Å². The molecule has 1 N–H and O–H groups in total. The van der Waals surface area contributed by atoms with Crippen LogP contribution in [0.3, 0.4) is 0 Å². The van der Waals surface area contributed by atoms with Gasteiger partial charge in [-0.15, -0.1) is 0 Å². The van der Waals surface area contributed by atoms with Crippen molar-refractivity contribution in [1.82, 2.24) is 10.2 Å². The smallest absolute Gasteiger partial charge is 0.242 e. The fourth-order valence-corrected chi connectivity index (χ4v) is 3.23. The molecule has 0 radical (unpaired) electrons. The van der Waals surface area contributed by atoms with Crippen LogP contribution in [-0.4, -0.2) is 44.0 Å². The summed E-state index contributed by atoms with van der Waals surface area (Å²) in [5.74, 6) is 1.03. The molecule has 0 spiro atoms. The van der Waals surface area contributed by atoms with Crippen LogP contribution in [0.5, 0.6) is 11.5 Å². The maximum atomic E-state index is 13.0. The zero-order chi connectivity index (χ0) is 21.4. The molecule has 29 heavy (non-hydrogen) atoms. The van der Waals surface area contributed by atoms with E-state index in [1.165, 1.54) is 0 Å². The van der Waals surface area contributed by atoms with Crippen molar-refractivity contribution in [2.75, 3.05) is 21.3 Å². The third-order valence-corrected chi connectivity index (χ3v) is 4.92. The summed E-state index contributed by atoms with van der Waals surface area (Å²) in [5.41, 5.74) is 3.09. The Balaban J connectivity index is 2.15. The number of hydrogen-bond donors (Lipinski definition) is 1. The molecule has 6 heteroatoms. The lowest BCUT2D eigenvalue weighted by atomic mass is 10.1. The zero-order valence-electron chi connectivity index (χ0n) is 17.8. The first-order chi connectivity index (χ1) is 13.9. The molecular formula is C23H30N2O4. The number of hydrogen-bond acceptors (Lipinski definition) is 4. The van der Waals surface area contributed by atoms with E-state index < -0.39 is 6.04 Å². The molecule has 0 aliphatic heterocycles. The molecule has 2 aromatic carbocycles. The van der Waals surface area contributed by atoms with Gasteiger partial charge in [-0.25, -0.2) is 0 Å². The molecular weight excluding hydrogens is 368 g/mol. The molecule has 0 aliphatic carbocycles. The van der Waals surface area contributed by atoms with E-state index in [-0.39, 0.29) is 11.8 Å². The molecule has 2 amide bonds. The van der Waals surface area contributed by atoms with Gasteiger partial charge in [0.15, 0.2) is 11.5 Å². The lowest BCUT2D eigenvalue weighted by molar-refractivity contribution is -0.140. The van der Waals surface area contributed by atoms with Crippen molar-refractivity contribution in [2.24, 2.45) is 0 Å². The molecule has 0 saturated heterocycles. The second-order valence-electron chi connectivity index (χ2n) is 6.99. The molecule has 0 fully saturated rings. The highest BCUT2D eigenvalue weighted by atomic mass is 16.5. The lowest BCUT2D eigenvalue weighted by Gasteiger charge is -2.28. The summed E-state index contributed by atoms with van der Waals surface area (Å²) in [6.07, 6.45) is 0.840. The predicted octanol–water partition coefficient (Wildman–Crippen LogP) is 3.11. The average molecular weight is 399 g/mol. The maximum absolute atomic E-state index is 13.0. The number of amides is 2. The molecule has 1 atom stereocenters. The van der Waals surface area contributed by atoms with Crippen LogP contribution >= 0.6 is 0 Å². The Morgan fingerprint density at radius 3 is 2.38 bits per heavy atom. The fraction of sp³-hybridized carbons (Fsp3) is 0.391. The Morgan fingerprint density at radius 2 is 1.76 bits per heavy atom. The number of likely N-dealkylation sites (N-methyl/N-ethyl adjacent to an activating group) is 1. The van der Waals surface area contributed by atoms with Crippen LogP contribution in [0.4, 0.5) is 0 Å². The van der Waals surface area contributed by atoms with Crippen molar-refractivity contribution in [3.63, 3.8) is 0 Å². The van der Waals surface area contributed by atoms with Gasteiger partial charge >= 0.3 is 0 Å². The summed E-state index contributed by atoms with van der Waals surface area (Å²) in [6, 6.07) is 13.0. The molecule has 0 aromatic heterocycles. The number of methoxy groups -OCH3 is 2. The van der Waals surface area contributed by atoms with Gasteiger partial charge in [-0.3, -0.25) is 9.59 Å². The Bertz CT molecular complexity index is 851. The summed E-state index contributed by atoms with van der Waals surface area (Å²) in [6.45, 7) is 4.15. The van der Waals surface area contributed by atoms with Crippen LogP contribution < -0.4 is 14.8 Å².